The van der Waals surface area contributed by atoms with Crippen molar-refractivity contribution in [3.63, 3.8) is 0 Å². The zero-order chi connectivity index (χ0) is 20.6. The molecule has 0 aliphatic rings. The van der Waals surface area contributed by atoms with Crippen molar-refractivity contribution in [3.8, 4) is 11.4 Å². The molecule has 2 aromatic heterocycles. The molecule has 0 bridgehead atoms. The Bertz CT molecular complexity index is 1220. The van der Waals surface area contributed by atoms with E-state index in [2.05, 4.69) is 15.3 Å². The van der Waals surface area contributed by atoms with Crippen LogP contribution in [0.25, 0.3) is 22.4 Å². The number of nitrogens with one attached hydrogen (secondary N) is 2. The number of alkyl halides is 3. The fourth-order valence-corrected chi connectivity index (χ4v) is 3.02. The minimum atomic E-state index is -4.54. The Morgan fingerprint density at radius 3 is 2.62 bits per heavy atom. The van der Waals surface area contributed by atoms with Crippen LogP contribution in [0, 0.1) is 0 Å². The minimum Gasteiger partial charge on any atom is -0.338 e. The Hall–Kier alpha value is -3.88. The number of carbonyl (C=O) groups is 1. The summed E-state index contributed by atoms with van der Waals surface area (Å²) in [7, 11) is 0. The number of pyridine rings is 1. The standard InChI is InChI=1S/C20H13F3N4O2/c21-20(22,23)15-8-2-1-6-13(15)18-25-16-9-3-7-14(17(16)26-18)19(28)24-12-5-4-10-27(29)11-12/h1-11H,(H2-,24,25,26,28,29)/p+1. The molecule has 3 N–H and O–H groups in total. The Labute approximate surface area is 162 Å². The third kappa shape index (κ3) is 3.62. The normalized spacial score (nSPS) is 11.6. The summed E-state index contributed by atoms with van der Waals surface area (Å²) in [6, 6.07) is 13.0. The predicted octanol–water partition coefficient (Wildman–Crippen LogP) is 4.03. The maximum atomic E-state index is 13.3. The van der Waals surface area contributed by atoms with Gasteiger partial charge in [-0.3, -0.25) is 10.0 Å². The van der Waals surface area contributed by atoms with E-state index in [0.717, 1.165) is 10.8 Å². The van der Waals surface area contributed by atoms with E-state index in [1.54, 1.807) is 18.2 Å². The predicted molar refractivity (Wildman–Crippen MR) is 98.3 cm³/mol. The van der Waals surface area contributed by atoms with Crippen LogP contribution < -0.4 is 10.0 Å². The number of rotatable bonds is 3. The van der Waals surface area contributed by atoms with Gasteiger partial charge in [0.25, 0.3) is 5.91 Å². The zero-order valence-electron chi connectivity index (χ0n) is 14.7. The average molecular weight is 399 g/mol. The number of hydrogen-bond acceptors (Lipinski definition) is 3. The number of nitrogens with zero attached hydrogens (tertiary/aromatic N) is 2. The molecule has 1 amide bonds. The van der Waals surface area contributed by atoms with E-state index in [-0.39, 0.29) is 22.5 Å². The number of halogens is 3. The van der Waals surface area contributed by atoms with Crippen molar-refractivity contribution in [2.75, 3.05) is 5.32 Å². The zero-order valence-corrected chi connectivity index (χ0v) is 14.7. The molecule has 0 spiro atoms. The number of imidazole rings is 1. The van der Waals surface area contributed by atoms with Crippen LogP contribution in [0.5, 0.6) is 0 Å². The Morgan fingerprint density at radius 1 is 1.07 bits per heavy atom. The number of benzene rings is 2. The van der Waals surface area contributed by atoms with Crippen LogP contribution in [0.15, 0.2) is 67.0 Å². The number of aromatic nitrogens is 3. The summed E-state index contributed by atoms with van der Waals surface area (Å²) < 4.78 is 40.8. The van der Waals surface area contributed by atoms with Crippen LogP contribution in [0.1, 0.15) is 15.9 Å². The molecule has 4 aromatic rings. The molecule has 0 atom stereocenters. The molecule has 0 fully saturated rings. The van der Waals surface area contributed by atoms with Crippen LogP contribution in [0.4, 0.5) is 18.9 Å². The van der Waals surface area contributed by atoms with E-state index in [1.807, 2.05) is 0 Å². The van der Waals surface area contributed by atoms with Gasteiger partial charge in [-0.2, -0.15) is 13.2 Å². The first kappa shape index (κ1) is 18.5. The molecule has 0 radical (unpaired) electrons. The van der Waals surface area contributed by atoms with Crippen LogP contribution in [-0.2, 0) is 6.18 Å². The van der Waals surface area contributed by atoms with Crippen molar-refractivity contribution >= 4 is 22.6 Å². The second-order valence-electron chi connectivity index (χ2n) is 6.26. The lowest BCUT2D eigenvalue weighted by atomic mass is 10.1. The topological polar surface area (TPSA) is 81.9 Å². The molecule has 0 aliphatic heterocycles. The fraction of sp³-hybridized carbons (Fsp3) is 0.0500. The number of aromatic amines is 1. The quantitative estimate of drug-likeness (QED) is 0.359. The van der Waals surface area contributed by atoms with Crippen molar-refractivity contribution < 1.29 is 27.9 Å². The molecule has 0 unspecified atom stereocenters. The van der Waals surface area contributed by atoms with Gasteiger partial charge in [0.1, 0.15) is 17.0 Å². The number of carbonyl (C=O) groups excluding carboxylic acids is 1. The Kier molecular flexibility index (Phi) is 4.42. The fourth-order valence-electron chi connectivity index (χ4n) is 3.02. The summed E-state index contributed by atoms with van der Waals surface area (Å²) in [6.45, 7) is 0. The summed E-state index contributed by atoms with van der Waals surface area (Å²) in [6.07, 6.45) is -1.86. The number of amides is 1. The summed E-state index contributed by atoms with van der Waals surface area (Å²) in [5.41, 5.74) is 0.270. The molecular formula is C20H14F3N4O2+. The number of H-pyrrole nitrogens is 1. The molecule has 146 valence electrons. The van der Waals surface area contributed by atoms with Gasteiger partial charge in [-0.1, -0.05) is 24.3 Å². The van der Waals surface area contributed by atoms with Crippen LogP contribution in [0.3, 0.4) is 0 Å². The molecular weight excluding hydrogens is 385 g/mol. The lowest BCUT2D eigenvalue weighted by Gasteiger charge is -2.10. The van der Waals surface area contributed by atoms with Crippen molar-refractivity contribution in [3.05, 3.63) is 78.1 Å². The first-order valence-corrected chi connectivity index (χ1v) is 8.50. The first-order valence-electron chi connectivity index (χ1n) is 8.50. The number of anilines is 1. The van der Waals surface area contributed by atoms with Crippen molar-refractivity contribution in [2.24, 2.45) is 0 Å². The van der Waals surface area contributed by atoms with Gasteiger partial charge in [0.15, 0.2) is 0 Å². The van der Waals surface area contributed by atoms with Crippen LogP contribution in [-0.4, -0.2) is 21.1 Å². The van der Waals surface area contributed by atoms with Crippen molar-refractivity contribution in [1.29, 1.82) is 0 Å². The minimum absolute atomic E-state index is 0.0149. The Balaban J connectivity index is 1.76. The van der Waals surface area contributed by atoms with E-state index in [4.69, 9.17) is 0 Å². The molecule has 6 nitrogen and oxygen atoms in total. The van der Waals surface area contributed by atoms with Gasteiger partial charge in [0.2, 0.25) is 12.4 Å². The highest BCUT2D eigenvalue weighted by Gasteiger charge is 2.34. The highest BCUT2D eigenvalue weighted by Crippen LogP contribution is 2.36. The molecule has 9 heteroatoms. The SMILES string of the molecule is O=C(Nc1ccc[n+](O)c1)c1cccc2[nH]c(-c3ccccc3C(F)(F)F)nc12. The van der Waals surface area contributed by atoms with Gasteiger partial charge in [-0.15, -0.1) is 0 Å². The van der Waals surface area contributed by atoms with Gasteiger partial charge < -0.3 is 10.3 Å². The highest BCUT2D eigenvalue weighted by molar-refractivity contribution is 6.11. The van der Waals surface area contributed by atoms with Crippen molar-refractivity contribution in [1.82, 2.24) is 9.97 Å². The van der Waals surface area contributed by atoms with E-state index >= 15 is 0 Å². The molecule has 0 aliphatic carbocycles. The van der Waals surface area contributed by atoms with Gasteiger partial charge in [0, 0.05) is 16.4 Å². The van der Waals surface area contributed by atoms with Crippen LogP contribution in [0.2, 0.25) is 0 Å². The largest absolute Gasteiger partial charge is 0.417 e. The van der Waals surface area contributed by atoms with Crippen molar-refractivity contribution in [2.45, 2.75) is 6.18 Å². The lowest BCUT2D eigenvalue weighted by molar-refractivity contribution is -0.904. The molecule has 4 rings (SSSR count). The van der Waals surface area contributed by atoms with Gasteiger partial charge in [-0.05, 0) is 24.3 Å². The summed E-state index contributed by atoms with van der Waals surface area (Å²) in [4.78, 5) is 19.8. The smallest absolute Gasteiger partial charge is 0.338 e. The molecule has 0 saturated heterocycles. The van der Waals surface area contributed by atoms with E-state index in [1.165, 1.54) is 42.7 Å². The summed E-state index contributed by atoms with van der Waals surface area (Å²) in [5, 5.41) is 12.1. The van der Waals surface area contributed by atoms with Gasteiger partial charge >= 0.3 is 6.18 Å². The third-order valence-corrected chi connectivity index (χ3v) is 4.29. The van der Waals surface area contributed by atoms with E-state index in [0.29, 0.717) is 11.2 Å². The van der Waals surface area contributed by atoms with E-state index < -0.39 is 17.6 Å². The average Bonchev–Trinajstić information content (AvgIpc) is 3.11. The number of hydrogen-bond donors (Lipinski definition) is 3. The van der Waals surface area contributed by atoms with Gasteiger partial charge in [0.05, 0.1) is 16.6 Å². The number of para-hydroxylation sites is 1. The summed E-state index contributed by atoms with van der Waals surface area (Å²) >= 11 is 0. The summed E-state index contributed by atoms with van der Waals surface area (Å²) in [5.74, 6) is -0.495. The lowest BCUT2D eigenvalue weighted by Crippen LogP contribution is -2.29. The second-order valence-corrected chi connectivity index (χ2v) is 6.26. The molecule has 29 heavy (non-hydrogen) atoms. The number of fused-ring (bicyclic) bond motifs is 1. The molecule has 2 heterocycles. The highest BCUT2D eigenvalue weighted by atomic mass is 19.4. The van der Waals surface area contributed by atoms with E-state index in [9.17, 15) is 23.2 Å². The molecule has 2 aromatic carbocycles. The maximum absolute atomic E-state index is 13.3. The van der Waals surface area contributed by atoms with Crippen LogP contribution >= 0.6 is 0 Å². The second kappa shape index (κ2) is 6.93. The first-order chi connectivity index (χ1) is 13.8. The monoisotopic (exact) mass is 399 g/mol. The molecule has 0 saturated carbocycles. The third-order valence-electron chi connectivity index (χ3n) is 4.29. The van der Waals surface area contributed by atoms with Gasteiger partial charge in [-0.25, -0.2) is 4.98 Å². The maximum Gasteiger partial charge on any atom is 0.417 e. The Morgan fingerprint density at radius 2 is 1.86 bits per heavy atom.